The number of sulfonamides is 1. The van der Waals surface area contributed by atoms with E-state index >= 15 is 0 Å². The average molecular weight is 558 g/mol. The summed E-state index contributed by atoms with van der Waals surface area (Å²) in [6, 6.07) is 2.53. The third-order valence-corrected chi connectivity index (χ3v) is 9.20. The molecule has 5 rings (SSSR count). The summed E-state index contributed by atoms with van der Waals surface area (Å²) in [4.78, 5) is 45.1. The first-order valence-corrected chi connectivity index (χ1v) is 14.5. The van der Waals surface area contributed by atoms with Crippen LogP contribution in [0.4, 0.5) is 5.69 Å². The third-order valence-electron chi connectivity index (χ3n) is 6.31. The number of likely N-dealkylation sites (tertiary alicyclic amines) is 1. The molecule has 4 heterocycles. The molecule has 0 spiro atoms. The van der Waals surface area contributed by atoms with E-state index in [1.54, 1.807) is 36.5 Å². The van der Waals surface area contributed by atoms with Crippen molar-refractivity contribution in [2.45, 2.75) is 37.5 Å². The van der Waals surface area contributed by atoms with Crippen molar-refractivity contribution in [3.63, 3.8) is 0 Å². The molecule has 0 unspecified atom stereocenters. The van der Waals surface area contributed by atoms with Gasteiger partial charge in [-0.25, -0.2) is 18.4 Å². The minimum absolute atomic E-state index is 0.0378. The van der Waals surface area contributed by atoms with E-state index in [9.17, 15) is 18.0 Å². The van der Waals surface area contributed by atoms with Crippen LogP contribution in [0.25, 0.3) is 10.6 Å². The maximum absolute atomic E-state index is 13.3. The van der Waals surface area contributed by atoms with E-state index in [0.717, 1.165) is 11.3 Å². The molecule has 2 atom stereocenters. The number of hydrogen-bond acceptors (Lipinski definition) is 10. The number of rotatable bonds is 10. The van der Waals surface area contributed by atoms with Crippen molar-refractivity contribution >= 4 is 38.9 Å². The molecule has 12 nitrogen and oxygen atoms in total. The first kappa shape index (κ1) is 26.0. The van der Waals surface area contributed by atoms with Gasteiger partial charge >= 0.3 is 0 Å². The summed E-state index contributed by atoms with van der Waals surface area (Å²) in [5.74, 6) is -0.354. The summed E-state index contributed by atoms with van der Waals surface area (Å²) in [5.41, 5.74) is 1.35. The molecule has 1 aliphatic carbocycles. The maximum Gasteiger partial charge on any atom is 0.280 e. The number of aromatic nitrogens is 4. The fraction of sp³-hybridized carbons (Fsp3) is 0.417. The number of hydrogen-bond donors (Lipinski definition) is 2. The van der Waals surface area contributed by atoms with Gasteiger partial charge in [0.25, 0.3) is 5.91 Å². The van der Waals surface area contributed by atoms with E-state index in [4.69, 9.17) is 4.74 Å². The Balaban J connectivity index is 1.39. The highest BCUT2D eigenvalue weighted by Crippen LogP contribution is 2.33. The molecule has 200 valence electrons. The molecular formula is C24H27N7O5S2. The minimum Gasteiger partial charge on any atom is -0.477 e. The van der Waals surface area contributed by atoms with Crippen LogP contribution in [-0.2, 0) is 14.8 Å². The predicted octanol–water partition coefficient (Wildman–Crippen LogP) is 2.25. The normalized spacial score (nSPS) is 18.3. The predicted molar refractivity (Wildman–Crippen MR) is 140 cm³/mol. The molecule has 2 amide bonds. The van der Waals surface area contributed by atoms with Crippen molar-refractivity contribution in [1.82, 2.24) is 30.2 Å². The first-order chi connectivity index (χ1) is 18.2. The quantitative estimate of drug-likeness (QED) is 0.382. The molecule has 1 saturated carbocycles. The number of thiazole rings is 1. The van der Waals surface area contributed by atoms with Crippen molar-refractivity contribution in [2.75, 3.05) is 24.9 Å². The molecule has 2 fully saturated rings. The fourth-order valence-corrected chi connectivity index (χ4v) is 6.40. The summed E-state index contributed by atoms with van der Waals surface area (Å²) in [7, 11) is -1.76. The van der Waals surface area contributed by atoms with Crippen LogP contribution in [0.3, 0.4) is 0 Å². The van der Waals surface area contributed by atoms with Gasteiger partial charge < -0.3 is 15.0 Å². The van der Waals surface area contributed by atoms with Crippen LogP contribution in [0, 0.1) is 5.92 Å². The van der Waals surface area contributed by atoms with Crippen molar-refractivity contribution < 1.29 is 22.7 Å². The van der Waals surface area contributed by atoms with E-state index in [1.165, 1.54) is 12.4 Å². The first-order valence-electron chi connectivity index (χ1n) is 12.2. The lowest BCUT2D eigenvalue weighted by atomic mass is 9.95. The van der Waals surface area contributed by atoms with Gasteiger partial charge in [0.1, 0.15) is 5.69 Å². The molecule has 1 aliphatic heterocycles. The van der Waals surface area contributed by atoms with E-state index in [1.807, 2.05) is 6.92 Å². The molecule has 38 heavy (non-hydrogen) atoms. The third kappa shape index (κ3) is 5.75. The number of carbonyl (C=O) groups excluding carboxylic acids is 2. The fourth-order valence-electron chi connectivity index (χ4n) is 4.25. The van der Waals surface area contributed by atoms with Crippen LogP contribution in [0.5, 0.6) is 5.88 Å². The zero-order valence-electron chi connectivity index (χ0n) is 20.8. The van der Waals surface area contributed by atoms with Gasteiger partial charge in [0.05, 0.1) is 46.6 Å². The van der Waals surface area contributed by atoms with Gasteiger partial charge in [-0.05, 0) is 31.9 Å². The van der Waals surface area contributed by atoms with E-state index in [0.29, 0.717) is 53.8 Å². The maximum atomic E-state index is 13.3. The van der Waals surface area contributed by atoms with Crippen LogP contribution in [-0.4, -0.2) is 70.5 Å². The molecule has 0 bridgehead atoms. The number of anilines is 1. The highest BCUT2D eigenvalue weighted by atomic mass is 32.2. The summed E-state index contributed by atoms with van der Waals surface area (Å²) in [6.07, 6.45) is 7.62. The SMILES string of the molecule is CCOc1cncc(-c2cnc(C(=O)N[C@H](c3cc(NS(=O)(=O)C4CC4)ccn3)[C@H]3CC(=O)N(C)C3)s2)n1. The molecule has 14 heteroatoms. The Morgan fingerprint density at radius 2 is 2.08 bits per heavy atom. The molecule has 3 aromatic rings. The van der Waals surface area contributed by atoms with Crippen LogP contribution in [0.1, 0.15) is 47.7 Å². The topological polar surface area (TPSA) is 156 Å². The standard InChI is InChI=1S/C24H27N7O5S2/c1-3-36-20-12-25-10-18(28-20)19-11-27-24(37-19)23(33)29-22(14-8-21(32)31(2)13-14)17-9-15(6-7-26-17)30-38(34,35)16-4-5-16/h6-7,9-12,14,16,22H,3-5,8,13H2,1-2H3,(H,26,30)(H,29,33)/t14-,22-/m0/s1. The molecule has 2 N–H and O–H groups in total. The number of amides is 2. The highest BCUT2D eigenvalue weighted by molar-refractivity contribution is 7.93. The zero-order valence-corrected chi connectivity index (χ0v) is 22.5. The number of nitrogens with zero attached hydrogens (tertiary/aromatic N) is 5. The lowest BCUT2D eigenvalue weighted by Gasteiger charge is -2.24. The second-order valence-electron chi connectivity index (χ2n) is 9.21. The Kier molecular flexibility index (Phi) is 7.25. The lowest BCUT2D eigenvalue weighted by Crippen LogP contribution is -2.35. The monoisotopic (exact) mass is 557 g/mol. The number of carbonyl (C=O) groups is 2. The van der Waals surface area contributed by atoms with E-state index in [2.05, 4.69) is 30.0 Å². The second-order valence-corrected chi connectivity index (χ2v) is 12.2. The van der Waals surface area contributed by atoms with E-state index in [-0.39, 0.29) is 28.5 Å². The van der Waals surface area contributed by atoms with Crippen LogP contribution in [0.2, 0.25) is 0 Å². The Labute approximate surface area is 223 Å². The Morgan fingerprint density at radius 1 is 1.26 bits per heavy atom. The molecule has 2 aliphatic rings. The van der Waals surface area contributed by atoms with Gasteiger partial charge in [-0.2, -0.15) is 0 Å². The molecule has 1 saturated heterocycles. The van der Waals surface area contributed by atoms with Gasteiger partial charge in [-0.1, -0.05) is 0 Å². The van der Waals surface area contributed by atoms with Gasteiger partial charge in [-0.15, -0.1) is 11.3 Å². The van der Waals surface area contributed by atoms with Gasteiger partial charge in [0, 0.05) is 38.3 Å². The van der Waals surface area contributed by atoms with Gasteiger partial charge in [0.15, 0.2) is 5.01 Å². The van der Waals surface area contributed by atoms with Gasteiger partial charge in [-0.3, -0.25) is 24.3 Å². The number of pyridine rings is 1. The minimum atomic E-state index is -3.47. The summed E-state index contributed by atoms with van der Waals surface area (Å²) in [6.45, 7) is 2.72. The lowest BCUT2D eigenvalue weighted by molar-refractivity contribution is -0.126. The average Bonchev–Trinajstić information content (AvgIpc) is 3.56. The van der Waals surface area contributed by atoms with Crippen molar-refractivity contribution in [3.05, 3.63) is 47.6 Å². The molecule has 0 aromatic carbocycles. The Bertz CT molecular complexity index is 1460. The van der Waals surface area contributed by atoms with Crippen LogP contribution in [0.15, 0.2) is 36.9 Å². The number of nitrogens with one attached hydrogen (secondary N) is 2. The zero-order chi connectivity index (χ0) is 26.9. The molecule has 3 aromatic heterocycles. The molecular weight excluding hydrogens is 530 g/mol. The Hall–Kier alpha value is -3.65. The van der Waals surface area contributed by atoms with Crippen molar-refractivity contribution in [3.8, 4) is 16.5 Å². The second kappa shape index (κ2) is 10.6. The van der Waals surface area contributed by atoms with Crippen molar-refractivity contribution in [2.24, 2.45) is 5.92 Å². The van der Waals surface area contributed by atoms with Gasteiger partial charge in [0.2, 0.25) is 21.8 Å². The summed E-state index contributed by atoms with van der Waals surface area (Å²) in [5, 5.41) is 2.81. The van der Waals surface area contributed by atoms with Crippen LogP contribution >= 0.6 is 11.3 Å². The Morgan fingerprint density at radius 3 is 2.79 bits per heavy atom. The largest absolute Gasteiger partial charge is 0.477 e. The summed E-state index contributed by atoms with van der Waals surface area (Å²) < 4.78 is 32.9. The summed E-state index contributed by atoms with van der Waals surface area (Å²) >= 11 is 1.15. The van der Waals surface area contributed by atoms with Crippen molar-refractivity contribution in [1.29, 1.82) is 0 Å². The smallest absolute Gasteiger partial charge is 0.280 e. The highest BCUT2D eigenvalue weighted by Gasteiger charge is 2.37. The van der Waals surface area contributed by atoms with E-state index < -0.39 is 22.0 Å². The molecule has 0 radical (unpaired) electrons. The van der Waals surface area contributed by atoms with Crippen LogP contribution < -0.4 is 14.8 Å². The number of ether oxygens (including phenoxy) is 1.